The van der Waals surface area contributed by atoms with E-state index in [1.165, 1.54) is 7.11 Å². The first-order chi connectivity index (χ1) is 12.0. The number of hydrogen-bond acceptors (Lipinski definition) is 5. The van der Waals surface area contributed by atoms with E-state index in [4.69, 9.17) is 0 Å². The third kappa shape index (κ3) is 3.14. The van der Waals surface area contributed by atoms with Crippen LogP contribution in [-0.2, 0) is 11.2 Å². The summed E-state index contributed by atoms with van der Waals surface area (Å²) in [5.41, 5.74) is -0.138. The molecule has 0 amide bonds. The minimum atomic E-state index is -0.794. The van der Waals surface area contributed by atoms with E-state index in [0.717, 1.165) is 0 Å². The largest absolute Gasteiger partial charge is 0.507 e. The number of benzene rings is 2. The number of H-pyrrole nitrogens is 1. The zero-order valence-electron chi connectivity index (χ0n) is 13.4. The van der Waals surface area contributed by atoms with Gasteiger partial charge in [0.2, 0.25) is 0 Å². The number of carbonyl (C=O) groups is 1. The molecule has 3 aromatic rings. The Hall–Kier alpha value is -3.41. The van der Waals surface area contributed by atoms with E-state index >= 15 is 0 Å². The quantitative estimate of drug-likeness (QED) is 0.563. The van der Waals surface area contributed by atoms with E-state index in [2.05, 4.69) is 9.72 Å². The summed E-state index contributed by atoms with van der Waals surface area (Å²) in [4.78, 5) is 38.3. The molecule has 6 nitrogen and oxygen atoms in total. The van der Waals surface area contributed by atoms with Gasteiger partial charge in [-0.05, 0) is 29.8 Å². The zero-order valence-corrected chi connectivity index (χ0v) is 13.4. The number of aromatic hydroxyl groups is 1. The number of para-hydroxylation sites is 1. The van der Waals surface area contributed by atoms with Crippen LogP contribution in [0.3, 0.4) is 0 Å². The average Bonchev–Trinajstić information content (AvgIpc) is 2.72. The first-order valence-electron chi connectivity index (χ1n) is 7.55. The molecule has 6 heteroatoms. The van der Waals surface area contributed by atoms with E-state index < -0.39 is 17.0 Å². The molecular formula is C19H15NO5. The number of aromatic nitrogens is 1. The van der Waals surface area contributed by atoms with Gasteiger partial charge < -0.3 is 14.8 Å². The van der Waals surface area contributed by atoms with Crippen molar-refractivity contribution in [1.29, 1.82) is 0 Å². The minimum absolute atomic E-state index is 0.00766. The van der Waals surface area contributed by atoms with Gasteiger partial charge in [-0.1, -0.05) is 24.3 Å². The van der Waals surface area contributed by atoms with E-state index in [1.807, 2.05) is 0 Å². The van der Waals surface area contributed by atoms with Crippen LogP contribution in [0.15, 0.2) is 58.1 Å². The van der Waals surface area contributed by atoms with Crippen LogP contribution in [0.25, 0.3) is 10.9 Å². The lowest BCUT2D eigenvalue weighted by Crippen LogP contribution is -2.26. The molecule has 0 radical (unpaired) electrons. The average molecular weight is 337 g/mol. The third-order valence-electron chi connectivity index (χ3n) is 3.95. The first-order valence-corrected chi connectivity index (χ1v) is 7.55. The molecule has 0 atom stereocenters. The maximum absolute atomic E-state index is 12.3. The van der Waals surface area contributed by atoms with Gasteiger partial charge in [-0.2, -0.15) is 0 Å². The molecule has 0 bridgehead atoms. The molecule has 1 aromatic heterocycles. The van der Waals surface area contributed by atoms with Crippen molar-refractivity contribution in [1.82, 2.24) is 4.98 Å². The fourth-order valence-electron chi connectivity index (χ4n) is 2.63. The fraction of sp³-hybridized carbons (Fsp3) is 0.105. The summed E-state index contributed by atoms with van der Waals surface area (Å²) in [6.07, 6.45) is 0.0634. The Morgan fingerprint density at radius 1 is 1.08 bits per heavy atom. The Morgan fingerprint density at radius 2 is 1.76 bits per heavy atom. The van der Waals surface area contributed by atoms with Gasteiger partial charge in [0.05, 0.1) is 23.8 Å². The molecule has 0 fully saturated rings. The van der Waals surface area contributed by atoms with Crippen molar-refractivity contribution >= 4 is 16.9 Å². The van der Waals surface area contributed by atoms with Crippen molar-refractivity contribution in [3.63, 3.8) is 0 Å². The SMILES string of the molecule is COC(=O)c1ccc(Cc2c(O)c3ccccc3[nH]c(=O)c2=O)cc1. The van der Waals surface area contributed by atoms with Crippen LogP contribution in [0.2, 0.25) is 0 Å². The topological polar surface area (TPSA) is 96.5 Å². The minimum Gasteiger partial charge on any atom is -0.507 e. The normalized spacial score (nSPS) is 10.6. The van der Waals surface area contributed by atoms with Crippen LogP contribution in [-0.4, -0.2) is 23.2 Å². The van der Waals surface area contributed by atoms with Crippen LogP contribution in [0, 0.1) is 0 Å². The molecule has 126 valence electrons. The summed E-state index contributed by atoms with van der Waals surface area (Å²) in [5, 5.41) is 10.9. The van der Waals surface area contributed by atoms with Crippen LogP contribution in [0.5, 0.6) is 5.75 Å². The monoisotopic (exact) mass is 337 g/mol. The molecule has 2 aromatic carbocycles. The highest BCUT2D eigenvalue weighted by atomic mass is 16.5. The summed E-state index contributed by atoms with van der Waals surface area (Å²) < 4.78 is 4.63. The molecule has 25 heavy (non-hydrogen) atoms. The Kier molecular flexibility index (Phi) is 4.35. The number of esters is 1. The maximum atomic E-state index is 12.3. The highest BCUT2D eigenvalue weighted by molar-refractivity contribution is 5.89. The van der Waals surface area contributed by atoms with Crippen molar-refractivity contribution in [2.24, 2.45) is 0 Å². The van der Waals surface area contributed by atoms with Crippen molar-refractivity contribution in [2.75, 3.05) is 7.11 Å². The molecule has 1 heterocycles. The van der Waals surface area contributed by atoms with Crippen LogP contribution in [0.4, 0.5) is 0 Å². The zero-order chi connectivity index (χ0) is 18.0. The Morgan fingerprint density at radius 3 is 2.44 bits per heavy atom. The standard InChI is InChI=1S/C19H15NO5/c1-25-19(24)12-8-6-11(7-9-12)10-14-16(21)13-4-2-3-5-15(13)20-18(23)17(14)22/h2-9,21H,10H2,1H3,(H,20,22,23). The number of aromatic amines is 1. The van der Waals surface area contributed by atoms with Crippen LogP contribution in [0.1, 0.15) is 21.5 Å². The predicted octanol–water partition coefficient (Wildman–Crippen LogP) is 1.97. The highest BCUT2D eigenvalue weighted by Gasteiger charge is 2.13. The number of methoxy groups -OCH3 is 1. The number of carbonyl (C=O) groups excluding carboxylic acids is 1. The lowest BCUT2D eigenvalue weighted by atomic mass is 10.0. The molecule has 0 aliphatic carbocycles. The van der Waals surface area contributed by atoms with Gasteiger partial charge in [0.15, 0.2) is 0 Å². The molecule has 0 saturated carbocycles. The second kappa shape index (κ2) is 6.60. The van der Waals surface area contributed by atoms with E-state index in [9.17, 15) is 19.5 Å². The summed E-state index contributed by atoms with van der Waals surface area (Å²) in [5.74, 6) is -0.691. The van der Waals surface area contributed by atoms with Gasteiger partial charge in [-0.15, -0.1) is 0 Å². The molecular weight excluding hydrogens is 322 g/mol. The number of fused-ring (bicyclic) bond motifs is 1. The number of nitrogens with one attached hydrogen (secondary N) is 1. The second-order valence-corrected chi connectivity index (χ2v) is 5.52. The lowest BCUT2D eigenvalue weighted by molar-refractivity contribution is 0.0600. The fourth-order valence-corrected chi connectivity index (χ4v) is 2.63. The smallest absolute Gasteiger partial charge is 0.337 e. The van der Waals surface area contributed by atoms with Gasteiger partial charge >= 0.3 is 5.97 Å². The lowest BCUT2D eigenvalue weighted by Gasteiger charge is -2.04. The molecule has 0 aliphatic heterocycles. The Balaban J connectivity index is 2.12. The van der Waals surface area contributed by atoms with Gasteiger partial charge in [0.25, 0.3) is 11.0 Å². The van der Waals surface area contributed by atoms with E-state index in [1.54, 1.807) is 48.5 Å². The van der Waals surface area contributed by atoms with Crippen molar-refractivity contribution in [3.8, 4) is 5.75 Å². The summed E-state index contributed by atoms with van der Waals surface area (Å²) in [7, 11) is 1.29. The number of hydrogen-bond donors (Lipinski definition) is 2. The molecule has 0 unspecified atom stereocenters. The Bertz CT molecular complexity index is 1070. The summed E-state index contributed by atoms with van der Waals surface area (Å²) >= 11 is 0. The highest BCUT2D eigenvalue weighted by Crippen LogP contribution is 2.25. The molecule has 0 spiro atoms. The van der Waals surface area contributed by atoms with Gasteiger partial charge in [-0.25, -0.2) is 4.79 Å². The number of ether oxygens (including phenoxy) is 1. The third-order valence-corrected chi connectivity index (χ3v) is 3.95. The molecule has 2 N–H and O–H groups in total. The maximum Gasteiger partial charge on any atom is 0.337 e. The van der Waals surface area contributed by atoms with Crippen LogP contribution < -0.4 is 11.0 Å². The van der Waals surface area contributed by atoms with Crippen molar-refractivity contribution in [2.45, 2.75) is 6.42 Å². The van der Waals surface area contributed by atoms with Gasteiger partial charge in [0.1, 0.15) is 5.75 Å². The molecule has 3 rings (SSSR count). The summed E-state index contributed by atoms with van der Waals surface area (Å²) in [6, 6.07) is 13.1. The predicted molar refractivity (Wildman–Crippen MR) is 93.1 cm³/mol. The summed E-state index contributed by atoms with van der Waals surface area (Å²) in [6.45, 7) is 0. The van der Waals surface area contributed by atoms with E-state index in [0.29, 0.717) is 22.0 Å². The van der Waals surface area contributed by atoms with E-state index in [-0.39, 0.29) is 17.7 Å². The van der Waals surface area contributed by atoms with Gasteiger partial charge in [-0.3, -0.25) is 9.59 Å². The van der Waals surface area contributed by atoms with Crippen molar-refractivity contribution < 1.29 is 14.6 Å². The second-order valence-electron chi connectivity index (χ2n) is 5.52. The van der Waals surface area contributed by atoms with Gasteiger partial charge in [0, 0.05) is 11.8 Å². The van der Waals surface area contributed by atoms with Crippen molar-refractivity contribution in [3.05, 3.63) is 85.8 Å². The molecule has 0 saturated heterocycles. The molecule has 0 aliphatic rings. The number of rotatable bonds is 3. The Labute approximate surface area is 142 Å². The first kappa shape index (κ1) is 16.4. The van der Waals surface area contributed by atoms with Crippen LogP contribution >= 0.6 is 0 Å².